The fourth-order valence-corrected chi connectivity index (χ4v) is 5.78. The second kappa shape index (κ2) is 9.72. The number of aliphatic hydroxyl groups excluding tert-OH is 1. The number of anilines is 1. The van der Waals surface area contributed by atoms with Crippen LogP contribution in [0.1, 0.15) is 29.6 Å². The molecule has 0 spiro atoms. The van der Waals surface area contributed by atoms with Gasteiger partial charge in [-0.2, -0.15) is 0 Å². The van der Waals surface area contributed by atoms with E-state index in [0.29, 0.717) is 6.42 Å². The Balaban J connectivity index is 1.75. The van der Waals surface area contributed by atoms with Crippen LogP contribution in [0, 0.1) is 11.6 Å². The van der Waals surface area contributed by atoms with Crippen LogP contribution in [0.2, 0.25) is 5.02 Å². The lowest BCUT2D eigenvalue weighted by Gasteiger charge is -2.41. The molecular formula is C21H21ClF2N2O6S. The van der Waals surface area contributed by atoms with Gasteiger partial charge in [-0.15, -0.1) is 0 Å². The second-order valence-corrected chi connectivity index (χ2v) is 10.3. The summed E-state index contributed by atoms with van der Waals surface area (Å²) in [6, 6.07) is 6.28. The Labute approximate surface area is 193 Å². The van der Waals surface area contributed by atoms with Gasteiger partial charge in [-0.25, -0.2) is 17.2 Å². The summed E-state index contributed by atoms with van der Waals surface area (Å²) >= 11 is 6.06. The van der Waals surface area contributed by atoms with Crippen LogP contribution in [0.5, 0.6) is 0 Å². The first-order valence-corrected chi connectivity index (χ1v) is 11.8. The Hall–Kier alpha value is -2.60. The molecule has 2 aromatic carbocycles. The largest absolute Gasteiger partial charge is 0.396 e. The Morgan fingerprint density at radius 2 is 1.82 bits per heavy atom. The van der Waals surface area contributed by atoms with Gasteiger partial charge in [0.1, 0.15) is 5.60 Å². The summed E-state index contributed by atoms with van der Waals surface area (Å²) in [5.74, 6) is -3.75. The molecule has 4 N–H and O–H groups in total. The van der Waals surface area contributed by atoms with Gasteiger partial charge in [0.05, 0.1) is 15.2 Å². The number of hydrogen-bond donors (Lipinski definition) is 4. The number of nitrogens with one attached hydrogen (secondary N) is 2. The van der Waals surface area contributed by atoms with E-state index in [-0.39, 0.29) is 47.2 Å². The van der Waals surface area contributed by atoms with Crippen LogP contribution in [0.15, 0.2) is 41.3 Å². The van der Waals surface area contributed by atoms with E-state index in [9.17, 15) is 31.9 Å². The molecule has 1 aliphatic carbocycles. The minimum absolute atomic E-state index is 0.0328. The molecule has 8 nitrogen and oxygen atoms in total. The SMILES string of the molecule is O=C(Nc1ccc(F)c(F)c1)c1ccc(Cl)c(S(=O)(=O)C2CC(O)(C(=O)NCCCO)C2)c1. The molecule has 0 atom stereocenters. The number of benzene rings is 2. The molecule has 0 heterocycles. The smallest absolute Gasteiger partial charge is 0.255 e. The Kier molecular flexibility index (Phi) is 7.37. The highest BCUT2D eigenvalue weighted by atomic mass is 35.5. The standard InChI is InChI=1S/C21H21ClF2N2O6S/c22-15-4-2-12(19(28)26-13-3-5-16(23)17(24)9-13)8-18(15)33(31,32)14-10-21(30,11-14)20(29)25-6-1-7-27/h2-5,8-9,14,27,30H,1,6-7,10-11H2,(H,25,29)(H,26,28). The lowest BCUT2D eigenvalue weighted by molar-refractivity contribution is -0.147. The predicted molar refractivity (Wildman–Crippen MR) is 116 cm³/mol. The number of hydrogen-bond acceptors (Lipinski definition) is 6. The van der Waals surface area contributed by atoms with Crippen LogP contribution in [0.4, 0.5) is 14.5 Å². The molecule has 2 aromatic rings. The van der Waals surface area contributed by atoms with Gasteiger partial charge < -0.3 is 20.8 Å². The van der Waals surface area contributed by atoms with E-state index in [1.54, 1.807) is 0 Å². The summed E-state index contributed by atoms with van der Waals surface area (Å²) in [6.45, 7) is -0.00969. The van der Waals surface area contributed by atoms with Crippen molar-refractivity contribution in [2.24, 2.45) is 0 Å². The monoisotopic (exact) mass is 502 g/mol. The summed E-state index contributed by atoms with van der Waals surface area (Å²) < 4.78 is 52.5. The highest BCUT2D eigenvalue weighted by molar-refractivity contribution is 7.92. The van der Waals surface area contributed by atoms with Gasteiger partial charge in [-0.05, 0) is 36.8 Å². The normalized spacial score (nSPS) is 20.1. The van der Waals surface area contributed by atoms with E-state index in [0.717, 1.165) is 24.3 Å². The molecule has 2 amide bonds. The van der Waals surface area contributed by atoms with E-state index in [2.05, 4.69) is 10.6 Å². The molecule has 3 rings (SSSR count). The first-order chi connectivity index (χ1) is 15.5. The zero-order valence-electron chi connectivity index (χ0n) is 17.1. The topological polar surface area (TPSA) is 133 Å². The fraction of sp³-hybridized carbons (Fsp3) is 0.333. The van der Waals surface area contributed by atoms with Crippen molar-refractivity contribution in [3.05, 3.63) is 58.6 Å². The summed E-state index contributed by atoms with van der Waals surface area (Å²) in [6.07, 6.45) is -0.428. The van der Waals surface area contributed by atoms with Crippen LogP contribution < -0.4 is 10.6 Å². The van der Waals surface area contributed by atoms with Crippen molar-refractivity contribution in [3.8, 4) is 0 Å². The molecule has 178 valence electrons. The summed E-state index contributed by atoms with van der Waals surface area (Å²) in [5, 5.41) is 22.7. The Bertz CT molecular complexity index is 1190. The van der Waals surface area contributed by atoms with Gasteiger partial charge in [0.15, 0.2) is 21.5 Å². The molecule has 12 heteroatoms. The summed E-state index contributed by atoms with van der Waals surface area (Å²) in [4.78, 5) is 24.2. The molecular weight excluding hydrogens is 482 g/mol. The summed E-state index contributed by atoms with van der Waals surface area (Å²) in [7, 11) is -4.11. The lowest BCUT2D eigenvalue weighted by atomic mass is 9.79. The fourth-order valence-electron chi connectivity index (χ4n) is 3.36. The molecule has 1 aliphatic rings. The molecule has 0 unspecified atom stereocenters. The molecule has 0 aliphatic heterocycles. The highest BCUT2D eigenvalue weighted by Gasteiger charge is 2.54. The first-order valence-electron chi connectivity index (χ1n) is 9.89. The first kappa shape index (κ1) is 25.0. The third-order valence-electron chi connectivity index (χ3n) is 5.29. The van der Waals surface area contributed by atoms with E-state index in [1.165, 1.54) is 12.1 Å². The third kappa shape index (κ3) is 5.32. The van der Waals surface area contributed by atoms with Crippen molar-refractivity contribution >= 4 is 38.9 Å². The van der Waals surface area contributed by atoms with Crippen LogP contribution in [-0.4, -0.2) is 54.4 Å². The maximum atomic E-state index is 13.4. The van der Waals surface area contributed by atoms with Gasteiger partial charge in [-0.3, -0.25) is 9.59 Å². The van der Waals surface area contributed by atoms with Gasteiger partial charge in [0.2, 0.25) is 0 Å². The molecule has 33 heavy (non-hydrogen) atoms. The zero-order valence-corrected chi connectivity index (χ0v) is 18.7. The maximum Gasteiger partial charge on any atom is 0.255 e. The van der Waals surface area contributed by atoms with Crippen LogP contribution >= 0.6 is 11.6 Å². The number of aliphatic hydroxyl groups is 2. The maximum absolute atomic E-state index is 13.4. The number of rotatable bonds is 8. The van der Waals surface area contributed by atoms with E-state index in [4.69, 9.17) is 16.7 Å². The van der Waals surface area contributed by atoms with E-state index in [1.807, 2.05) is 0 Å². The van der Waals surface area contributed by atoms with Crippen LogP contribution in [0.25, 0.3) is 0 Å². The minimum Gasteiger partial charge on any atom is -0.396 e. The van der Waals surface area contributed by atoms with Crippen molar-refractivity contribution in [2.45, 2.75) is 35.0 Å². The molecule has 0 bridgehead atoms. The van der Waals surface area contributed by atoms with Crippen LogP contribution in [-0.2, 0) is 14.6 Å². The van der Waals surface area contributed by atoms with Gasteiger partial charge in [0, 0.05) is 43.3 Å². The van der Waals surface area contributed by atoms with Crippen molar-refractivity contribution in [1.82, 2.24) is 5.32 Å². The summed E-state index contributed by atoms with van der Waals surface area (Å²) in [5.41, 5.74) is -1.99. The third-order valence-corrected chi connectivity index (χ3v) is 7.89. The Morgan fingerprint density at radius 1 is 1.12 bits per heavy atom. The Morgan fingerprint density at radius 3 is 2.45 bits per heavy atom. The van der Waals surface area contributed by atoms with Crippen molar-refractivity contribution in [3.63, 3.8) is 0 Å². The molecule has 1 fully saturated rings. The number of sulfone groups is 1. The zero-order chi connectivity index (χ0) is 24.4. The van der Waals surface area contributed by atoms with Gasteiger partial charge >= 0.3 is 0 Å². The van der Waals surface area contributed by atoms with E-state index < -0.39 is 44.1 Å². The quantitative estimate of drug-likeness (QED) is 0.408. The number of halogens is 3. The molecule has 0 aromatic heterocycles. The number of carbonyl (C=O) groups is 2. The minimum atomic E-state index is -4.11. The molecule has 0 radical (unpaired) electrons. The predicted octanol–water partition coefficient (Wildman–Crippen LogP) is 2.04. The van der Waals surface area contributed by atoms with Crippen molar-refractivity contribution in [1.29, 1.82) is 0 Å². The van der Waals surface area contributed by atoms with Gasteiger partial charge in [0.25, 0.3) is 11.8 Å². The van der Waals surface area contributed by atoms with Crippen molar-refractivity contribution in [2.75, 3.05) is 18.5 Å². The number of amides is 2. The average molecular weight is 503 g/mol. The highest BCUT2D eigenvalue weighted by Crippen LogP contribution is 2.41. The lowest BCUT2D eigenvalue weighted by Crippen LogP contribution is -2.59. The molecule has 0 saturated heterocycles. The number of carbonyl (C=O) groups excluding carboxylic acids is 2. The van der Waals surface area contributed by atoms with E-state index >= 15 is 0 Å². The second-order valence-electron chi connectivity index (χ2n) is 7.67. The van der Waals surface area contributed by atoms with Gasteiger partial charge in [-0.1, -0.05) is 11.6 Å². The van der Waals surface area contributed by atoms with Crippen LogP contribution in [0.3, 0.4) is 0 Å². The molecule has 1 saturated carbocycles. The van der Waals surface area contributed by atoms with Crippen molar-refractivity contribution < 1.29 is 37.0 Å². The average Bonchev–Trinajstić information content (AvgIpc) is 2.74.